The second kappa shape index (κ2) is 9.84. The molecule has 1 N–H and O–H groups in total. The summed E-state index contributed by atoms with van der Waals surface area (Å²) >= 11 is 8.08. The van der Waals surface area contributed by atoms with Crippen LogP contribution in [0.2, 0.25) is 5.02 Å². The Kier molecular flexibility index (Phi) is 7.50. The van der Waals surface area contributed by atoms with Gasteiger partial charge in [0.25, 0.3) is 0 Å². The van der Waals surface area contributed by atoms with E-state index in [1.807, 2.05) is 24.3 Å². The molecule has 1 amide bonds. The topological polar surface area (TPSA) is 32.3 Å². The maximum atomic E-state index is 12.1. The first-order valence-corrected chi connectivity index (χ1v) is 11.1. The SMILES string of the molecule is O=C(CCc1cccc(Cl)c1)NCC1CCN(C2CCSCC2)CC1. The number of benzene rings is 1. The highest BCUT2D eigenvalue weighted by atomic mass is 35.5. The van der Waals surface area contributed by atoms with Crippen molar-refractivity contribution in [2.24, 2.45) is 5.92 Å². The number of nitrogens with zero attached hydrogens (tertiary/aromatic N) is 1. The van der Waals surface area contributed by atoms with Crippen LogP contribution < -0.4 is 5.32 Å². The third kappa shape index (κ3) is 6.19. The summed E-state index contributed by atoms with van der Waals surface area (Å²) in [6.07, 6.45) is 6.45. The zero-order valence-electron chi connectivity index (χ0n) is 14.9. The Bertz CT molecular complexity index is 554. The smallest absolute Gasteiger partial charge is 0.220 e. The fourth-order valence-electron chi connectivity index (χ4n) is 3.87. The number of carbonyl (C=O) groups is 1. The van der Waals surface area contributed by atoms with Crippen molar-refractivity contribution in [3.05, 3.63) is 34.9 Å². The summed E-state index contributed by atoms with van der Waals surface area (Å²) in [5.74, 6) is 3.46. The van der Waals surface area contributed by atoms with Gasteiger partial charge < -0.3 is 10.2 Å². The first-order chi connectivity index (χ1) is 12.2. The molecule has 2 aliphatic heterocycles. The van der Waals surface area contributed by atoms with Gasteiger partial charge in [0.2, 0.25) is 5.91 Å². The summed E-state index contributed by atoms with van der Waals surface area (Å²) in [4.78, 5) is 14.8. The number of aryl methyl sites for hydroxylation is 1. The molecular weight excluding hydrogens is 352 g/mol. The van der Waals surface area contributed by atoms with Crippen LogP contribution in [0.1, 0.15) is 37.7 Å². The van der Waals surface area contributed by atoms with E-state index < -0.39 is 0 Å². The van der Waals surface area contributed by atoms with Gasteiger partial charge in [0, 0.05) is 24.0 Å². The molecule has 138 valence electrons. The number of piperidine rings is 1. The summed E-state index contributed by atoms with van der Waals surface area (Å²) in [6, 6.07) is 8.58. The molecule has 2 aliphatic rings. The zero-order chi connectivity index (χ0) is 17.5. The number of amides is 1. The normalized spacial score (nSPS) is 20.5. The molecule has 0 spiro atoms. The van der Waals surface area contributed by atoms with Crippen LogP contribution >= 0.6 is 23.4 Å². The molecule has 0 aliphatic carbocycles. The molecule has 0 bridgehead atoms. The number of thioether (sulfide) groups is 1. The van der Waals surface area contributed by atoms with E-state index in [0.717, 1.165) is 29.6 Å². The molecule has 2 fully saturated rings. The van der Waals surface area contributed by atoms with Crippen LogP contribution in [-0.4, -0.2) is 48.0 Å². The van der Waals surface area contributed by atoms with Crippen LogP contribution in [-0.2, 0) is 11.2 Å². The molecule has 3 nitrogen and oxygen atoms in total. The first-order valence-electron chi connectivity index (χ1n) is 9.53. The molecule has 5 heteroatoms. The van der Waals surface area contributed by atoms with E-state index in [4.69, 9.17) is 11.6 Å². The average molecular weight is 381 g/mol. The lowest BCUT2D eigenvalue weighted by Crippen LogP contribution is -2.45. The molecule has 0 radical (unpaired) electrons. The van der Waals surface area contributed by atoms with Gasteiger partial charge in [-0.15, -0.1) is 0 Å². The predicted molar refractivity (Wildman–Crippen MR) is 107 cm³/mol. The number of hydrogen-bond donors (Lipinski definition) is 1. The van der Waals surface area contributed by atoms with E-state index in [0.29, 0.717) is 12.3 Å². The highest BCUT2D eigenvalue weighted by molar-refractivity contribution is 7.99. The van der Waals surface area contributed by atoms with Crippen molar-refractivity contribution in [1.29, 1.82) is 0 Å². The van der Waals surface area contributed by atoms with Crippen LogP contribution in [0.5, 0.6) is 0 Å². The summed E-state index contributed by atoms with van der Waals surface area (Å²) in [5, 5.41) is 3.88. The van der Waals surface area contributed by atoms with Crippen molar-refractivity contribution < 1.29 is 4.79 Å². The van der Waals surface area contributed by atoms with Crippen molar-refractivity contribution in [2.75, 3.05) is 31.1 Å². The maximum Gasteiger partial charge on any atom is 0.220 e. The molecule has 0 saturated carbocycles. The van der Waals surface area contributed by atoms with E-state index in [2.05, 4.69) is 22.0 Å². The fourth-order valence-corrected chi connectivity index (χ4v) is 5.16. The van der Waals surface area contributed by atoms with Crippen molar-refractivity contribution >= 4 is 29.3 Å². The average Bonchev–Trinajstić information content (AvgIpc) is 2.66. The minimum absolute atomic E-state index is 0.159. The Morgan fingerprint density at radius 1 is 1.20 bits per heavy atom. The van der Waals surface area contributed by atoms with Gasteiger partial charge in [0.05, 0.1) is 0 Å². The lowest BCUT2D eigenvalue weighted by atomic mass is 9.94. The Morgan fingerprint density at radius 2 is 1.96 bits per heavy atom. The van der Waals surface area contributed by atoms with Crippen LogP contribution in [0.4, 0.5) is 0 Å². The lowest BCUT2D eigenvalue weighted by Gasteiger charge is -2.39. The molecule has 0 aromatic heterocycles. The minimum Gasteiger partial charge on any atom is -0.356 e. The molecule has 0 atom stereocenters. The van der Waals surface area contributed by atoms with Gasteiger partial charge in [0.15, 0.2) is 0 Å². The standard InChI is InChI=1S/C20H29ClN2OS/c21-18-3-1-2-16(14-18)4-5-20(24)22-15-17-6-10-23(11-7-17)19-8-12-25-13-9-19/h1-3,14,17,19H,4-13,15H2,(H,22,24). The van der Waals surface area contributed by atoms with Crippen LogP contribution in [0, 0.1) is 5.92 Å². The Labute approximate surface area is 160 Å². The fraction of sp³-hybridized carbons (Fsp3) is 0.650. The van der Waals surface area contributed by atoms with Gasteiger partial charge >= 0.3 is 0 Å². The summed E-state index contributed by atoms with van der Waals surface area (Å²) < 4.78 is 0. The summed E-state index contributed by atoms with van der Waals surface area (Å²) in [6.45, 7) is 3.25. The van der Waals surface area contributed by atoms with E-state index in [1.54, 1.807) is 0 Å². The monoisotopic (exact) mass is 380 g/mol. The van der Waals surface area contributed by atoms with E-state index in [1.165, 1.54) is 50.3 Å². The highest BCUT2D eigenvalue weighted by Gasteiger charge is 2.26. The van der Waals surface area contributed by atoms with Crippen molar-refractivity contribution in [3.63, 3.8) is 0 Å². The number of hydrogen-bond acceptors (Lipinski definition) is 3. The maximum absolute atomic E-state index is 12.1. The van der Waals surface area contributed by atoms with Gasteiger partial charge in [-0.1, -0.05) is 23.7 Å². The summed E-state index contributed by atoms with van der Waals surface area (Å²) in [5.41, 5.74) is 1.13. The van der Waals surface area contributed by atoms with Gasteiger partial charge in [0.1, 0.15) is 0 Å². The van der Waals surface area contributed by atoms with Crippen molar-refractivity contribution in [3.8, 4) is 0 Å². The zero-order valence-corrected chi connectivity index (χ0v) is 16.5. The molecule has 3 rings (SSSR count). The third-order valence-electron chi connectivity index (χ3n) is 5.47. The van der Waals surface area contributed by atoms with Crippen LogP contribution in [0.3, 0.4) is 0 Å². The van der Waals surface area contributed by atoms with Gasteiger partial charge in [-0.2, -0.15) is 11.8 Å². The molecular formula is C20H29ClN2OS. The summed E-state index contributed by atoms with van der Waals surface area (Å²) in [7, 11) is 0. The number of nitrogens with one attached hydrogen (secondary N) is 1. The largest absolute Gasteiger partial charge is 0.356 e. The van der Waals surface area contributed by atoms with E-state index >= 15 is 0 Å². The van der Waals surface area contributed by atoms with Gasteiger partial charge in [-0.05, 0) is 80.3 Å². The third-order valence-corrected chi connectivity index (χ3v) is 6.76. The van der Waals surface area contributed by atoms with Gasteiger partial charge in [-0.3, -0.25) is 4.79 Å². The minimum atomic E-state index is 0.159. The Hall–Kier alpha value is -0.710. The van der Waals surface area contributed by atoms with E-state index in [9.17, 15) is 4.79 Å². The molecule has 2 heterocycles. The Morgan fingerprint density at radius 3 is 2.68 bits per heavy atom. The molecule has 2 saturated heterocycles. The Balaban J connectivity index is 1.32. The number of likely N-dealkylation sites (tertiary alicyclic amines) is 1. The number of carbonyl (C=O) groups excluding carboxylic acids is 1. The van der Waals surface area contributed by atoms with Gasteiger partial charge in [-0.25, -0.2) is 0 Å². The molecule has 25 heavy (non-hydrogen) atoms. The van der Waals surface area contributed by atoms with E-state index in [-0.39, 0.29) is 5.91 Å². The second-order valence-corrected chi connectivity index (χ2v) is 8.92. The molecule has 1 aromatic carbocycles. The molecule has 1 aromatic rings. The van der Waals surface area contributed by atoms with Crippen LogP contribution in [0.15, 0.2) is 24.3 Å². The quantitative estimate of drug-likeness (QED) is 0.809. The predicted octanol–water partition coefficient (Wildman–Crippen LogP) is 4.00. The molecule has 0 unspecified atom stereocenters. The van der Waals surface area contributed by atoms with Crippen molar-refractivity contribution in [2.45, 2.75) is 44.6 Å². The van der Waals surface area contributed by atoms with Crippen LogP contribution in [0.25, 0.3) is 0 Å². The number of halogens is 1. The number of rotatable bonds is 6. The first kappa shape index (κ1) is 19.1. The van der Waals surface area contributed by atoms with Crippen molar-refractivity contribution in [1.82, 2.24) is 10.2 Å². The second-order valence-electron chi connectivity index (χ2n) is 7.26. The lowest BCUT2D eigenvalue weighted by molar-refractivity contribution is -0.121. The highest BCUT2D eigenvalue weighted by Crippen LogP contribution is 2.26.